The van der Waals surface area contributed by atoms with E-state index in [2.05, 4.69) is 60.5 Å². The van der Waals surface area contributed by atoms with E-state index in [1.807, 2.05) is 12.1 Å². The summed E-state index contributed by atoms with van der Waals surface area (Å²) in [6, 6.07) is 8.43. The number of azide groups is 2. The third-order valence-electron chi connectivity index (χ3n) is 8.06. The summed E-state index contributed by atoms with van der Waals surface area (Å²) in [4.78, 5) is 57.8. The average molecular weight is 1280 g/mol. The molecule has 2 N–H and O–H groups in total. The van der Waals surface area contributed by atoms with Crippen LogP contribution in [0.2, 0.25) is 0 Å². The molecule has 0 amide bonds. The average Bonchev–Trinajstić information content (AvgIpc) is 3.35. The molecule has 0 spiro atoms. The summed E-state index contributed by atoms with van der Waals surface area (Å²) in [6.45, 7) is 7.20. The minimum Gasteiger partial charge on any atom is -0.679 e. The second-order valence-electron chi connectivity index (χ2n) is 13.2. The summed E-state index contributed by atoms with van der Waals surface area (Å²) in [5, 5.41) is 15.5. The summed E-state index contributed by atoms with van der Waals surface area (Å²) < 4.78 is 75.0. The quantitative estimate of drug-likeness (QED) is 0.0165. The van der Waals surface area contributed by atoms with E-state index in [-0.39, 0.29) is 62.8 Å². The number of ketones is 3. The molecule has 27 heteroatoms. The van der Waals surface area contributed by atoms with Crippen LogP contribution in [0.5, 0.6) is 0 Å². The number of nitrogens with one attached hydrogen (secondary N) is 2. The van der Waals surface area contributed by atoms with Crippen molar-refractivity contribution in [3.8, 4) is 0 Å². The predicted molar refractivity (Wildman–Crippen MR) is 248 cm³/mol. The van der Waals surface area contributed by atoms with Gasteiger partial charge in [-0.3, -0.25) is 19.4 Å². The standard InChI is InChI=1S/C38H55N7O11.C2HF3O2.C2H6N2.HI.Pt/c39-44-42-11-15-51-19-23-55-27-25-53-21-17-49-13-1-3-36(46)33-29-34(31-35(30-33)38(48)6-5-32-7-9-41-10-8-32)37(47)4-2-14-50-18-22-54-26-28-56-24-20-52-16-12-43-45-40;3-2(4,5)1(6)7;3-1-2-4;;/h7-10,29-31H,1-6,11-28H2;(H,6,7);3-4H,1-2H2;1H;/q;;-2;;+1/p-2. The number of carbonyl (C=O) groups excluding carboxylic acids is 4. The molecule has 2 aromatic rings. The van der Waals surface area contributed by atoms with Gasteiger partial charge in [-0.25, -0.2) is 0 Å². The Bertz CT molecular complexity index is 1660. The van der Waals surface area contributed by atoms with Crippen LogP contribution in [0.15, 0.2) is 53.0 Å². The van der Waals surface area contributed by atoms with Gasteiger partial charge in [0, 0.05) is 84.5 Å². The van der Waals surface area contributed by atoms with E-state index in [0.717, 1.165) is 5.56 Å². The number of Topliss-reactive ketones (excluding diaryl/α,β-unsaturated/α-hetero) is 3. The number of carboxylic acids is 1. The zero-order valence-electron chi connectivity index (χ0n) is 38.2. The van der Waals surface area contributed by atoms with E-state index in [1.54, 1.807) is 30.6 Å². The smallest absolute Gasteiger partial charge is 0.163 e. The van der Waals surface area contributed by atoms with Crippen molar-refractivity contribution in [1.82, 2.24) is 4.98 Å². The molecule has 1 aromatic carbocycles. The van der Waals surface area contributed by atoms with E-state index in [0.29, 0.717) is 142 Å². The minimum atomic E-state index is -5.19. The van der Waals surface area contributed by atoms with Gasteiger partial charge < -0.3 is 59.3 Å². The molecule has 69 heavy (non-hydrogen) atoms. The fraction of sp³-hybridized carbons (Fsp3) is 0.643. The molecule has 2 rings (SSSR count). The Morgan fingerprint density at radius 3 is 1.16 bits per heavy atom. The van der Waals surface area contributed by atoms with Gasteiger partial charge in [0.25, 0.3) is 0 Å². The van der Waals surface area contributed by atoms with E-state index in [9.17, 15) is 27.6 Å². The molecule has 0 unspecified atom stereocenters. The Kier molecular flexibility index (Phi) is 48.1. The molecule has 0 aliphatic rings. The van der Waals surface area contributed by atoms with Gasteiger partial charge in [-0.05, 0) is 66.2 Å². The van der Waals surface area contributed by atoms with Crippen LogP contribution in [0.25, 0.3) is 32.4 Å². The van der Waals surface area contributed by atoms with Gasteiger partial charge >= 0.3 is 41.7 Å². The second-order valence-corrected chi connectivity index (χ2v) is 13.2. The Morgan fingerprint density at radius 2 is 0.870 bits per heavy atom. The van der Waals surface area contributed by atoms with Crippen LogP contribution in [0.3, 0.4) is 0 Å². The number of aliphatic carboxylic acids is 1. The molecule has 0 saturated carbocycles. The van der Waals surface area contributed by atoms with Crippen LogP contribution in [-0.4, -0.2) is 166 Å². The number of hydrogen-bond donors (Lipinski definition) is 0. The van der Waals surface area contributed by atoms with Crippen molar-refractivity contribution < 1.29 is 91.5 Å². The summed E-state index contributed by atoms with van der Waals surface area (Å²) in [7, 11) is 0. The summed E-state index contributed by atoms with van der Waals surface area (Å²) >= 11 is 4.23. The number of halogens is 4. The van der Waals surface area contributed by atoms with Crippen LogP contribution in [0.4, 0.5) is 13.2 Å². The molecule has 1 aromatic heterocycles. The van der Waals surface area contributed by atoms with Crippen molar-refractivity contribution in [2.24, 2.45) is 10.2 Å². The van der Waals surface area contributed by atoms with Crippen molar-refractivity contribution >= 4 is 42.7 Å². The van der Waals surface area contributed by atoms with Crippen molar-refractivity contribution in [2.45, 2.75) is 44.7 Å². The first-order valence-electron chi connectivity index (χ1n) is 21.4. The summed E-state index contributed by atoms with van der Waals surface area (Å²) in [5.74, 6) is -3.51. The normalized spacial score (nSPS) is 10.5. The summed E-state index contributed by atoms with van der Waals surface area (Å²) in [6.07, 6.45) is 0.208. The Morgan fingerprint density at radius 1 is 0.580 bits per heavy atom. The molecule has 0 saturated heterocycles. The molecule has 0 bridgehead atoms. The molecular weight excluding hydrogens is 1220 g/mol. The van der Waals surface area contributed by atoms with E-state index in [1.165, 1.54) is 0 Å². The van der Waals surface area contributed by atoms with E-state index >= 15 is 0 Å². The first-order chi connectivity index (χ1) is 33.4. The molecule has 1 heterocycles. The van der Waals surface area contributed by atoms with Gasteiger partial charge in [0.05, 0.1) is 92.5 Å². The van der Waals surface area contributed by atoms with Crippen molar-refractivity contribution in [3.63, 3.8) is 0 Å². The number of alkyl halides is 3. The van der Waals surface area contributed by atoms with Gasteiger partial charge in [-0.1, -0.05) is 10.2 Å². The number of nitrogens with zero attached hydrogens (tertiary/aromatic N) is 7. The summed E-state index contributed by atoms with van der Waals surface area (Å²) in [5.41, 5.74) is 30.9. The van der Waals surface area contributed by atoms with Gasteiger partial charge in [0.1, 0.15) is 5.97 Å². The molecule has 22 nitrogen and oxygen atoms in total. The van der Waals surface area contributed by atoms with E-state index < -0.39 is 12.1 Å². The van der Waals surface area contributed by atoms with Crippen molar-refractivity contribution in [3.05, 3.63) is 97.3 Å². The van der Waals surface area contributed by atoms with Gasteiger partial charge in [0.15, 0.2) is 17.3 Å². The minimum absolute atomic E-state index is 0.154. The monoisotopic (exact) mass is 1280 g/mol. The number of aryl methyl sites for hydroxylation is 1. The molecule has 0 aliphatic heterocycles. The molecule has 393 valence electrons. The molecule has 0 atom stereocenters. The predicted octanol–water partition coefficient (Wildman–Crippen LogP) is 6.85. The first kappa shape index (κ1) is 67.4. The van der Waals surface area contributed by atoms with Gasteiger partial charge in [-0.2, -0.15) is 26.3 Å². The van der Waals surface area contributed by atoms with Crippen LogP contribution in [0.1, 0.15) is 68.7 Å². The van der Waals surface area contributed by atoms with Gasteiger partial charge in [0.2, 0.25) is 0 Å². The third-order valence-corrected chi connectivity index (χ3v) is 8.06. The number of pyridine rings is 1. The number of hydrogen-bond acceptors (Lipinski definition) is 16. The molecular formula is C42H61F3IN9O13Pt-3. The van der Waals surface area contributed by atoms with Crippen LogP contribution < -0.4 is 5.11 Å². The van der Waals surface area contributed by atoms with Crippen LogP contribution >= 0.6 is 19.4 Å². The maximum atomic E-state index is 13.2. The SMILES string of the molecule is O=C([O-])C(F)(F)F.[I][Pt].[N-]=[N+]=NCCOCCOCCOCCOCCCC(=O)c1cc(C(=O)CCCOCCOCCOCCOCCN=[N+]=[N-])cc(C(=O)CCc2ccncc2)c1.[NH-]CC[NH-]. The maximum absolute atomic E-state index is 13.2. The van der Waals surface area contributed by atoms with Crippen LogP contribution in [-0.2, 0) is 65.2 Å². The Balaban J connectivity index is 0. The molecule has 0 aliphatic carbocycles. The zero-order valence-corrected chi connectivity index (χ0v) is 42.6. The number of aromatic nitrogens is 1. The fourth-order valence-electron chi connectivity index (χ4n) is 4.84. The first-order valence-corrected chi connectivity index (χ1v) is 27.8. The zero-order chi connectivity index (χ0) is 51.6. The second kappa shape index (κ2) is 49.3. The molecule has 0 fully saturated rings. The Hall–Kier alpha value is -3.72. The number of benzene rings is 1. The largest absolute Gasteiger partial charge is 0.679 e. The fourth-order valence-corrected chi connectivity index (χ4v) is 4.84. The number of ether oxygens (including phenoxy) is 8. The number of rotatable bonds is 39. The maximum Gasteiger partial charge on any atom is 0.163 e. The van der Waals surface area contributed by atoms with E-state index in [4.69, 9.17) is 70.3 Å². The number of carboxylic acid groups (broad SMARTS) is 1. The van der Waals surface area contributed by atoms with Crippen LogP contribution in [0, 0.1) is 0 Å². The molecule has 0 radical (unpaired) electrons. The topological polar surface area (TPSA) is 323 Å². The number of carbonyl (C=O) groups is 4. The van der Waals surface area contributed by atoms with Crippen molar-refractivity contribution in [2.75, 3.05) is 132 Å². The van der Waals surface area contributed by atoms with Gasteiger partial charge in [-0.15, -0.1) is 0 Å². The third kappa shape index (κ3) is 42.8. The van der Waals surface area contributed by atoms with Crippen molar-refractivity contribution in [1.29, 1.82) is 0 Å². The Labute approximate surface area is 421 Å².